The largest absolute Gasteiger partial charge is 0.493 e. The summed E-state index contributed by atoms with van der Waals surface area (Å²) in [6, 6.07) is 3.56. The first-order valence-electron chi connectivity index (χ1n) is 6.37. The van der Waals surface area contributed by atoms with Crippen LogP contribution in [0.3, 0.4) is 0 Å². The molecular weight excluding hydrogens is 278 g/mol. The Morgan fingerprint density at radius 1 is 1.43 bits per heavy atom. The lowest BCUT2D eigenvalue weighted by Crippen LogP contribution is -2.42. The van der Waals surface area contributed by atoms with Gasteiger partial charge in [-0.1, -0.05) is 0 Å². The third-order valence-electron chi connectivity index (χ3n) is 3.15. The number of fused-ring (bicyclic) bond motifs is 1. The highest BCUT2D eigenvalue weighted by molar-refractivity contribution is 5.97. The monoisotopic (exact) mass is 293 g/mol. The number of methoxy groups -OCH3 is 1. The topological polar surface area (TPSA) is 102 Å². The second-order valence-electron chi connectivity index (χ2n) is 4.57. The molecule has 1 heterocycles. The number of carboxylic acids is 1. The third kappa shape index (κ3) is 3.50. The average molecular weight is 293 g/mol. The molecule has 0 aromatic heterocycles. The fraction of sp³-hybridized carbons (Fsp3) is 0.357. The van der Waals surface area contributed by atoms with Gasteiger partial charge in [-0.15, -0.1) is 0 Å². The van der Waals surface area contributed by atoms with Crippen LogP contribution >= 0.6 is 0 Å². The molecule has 0 spiro atoms. The predicted octanol–water partition coefficient (Wildman–Crippen LogP) is 0.368. The number of aliphatic carboxylic acids is 1. The first-order chi connectivity index (χ1) is 10.0. The molecule has 0 bridgehead atoms. The summed E-state index contributed by atoms with van der Waals surface area (Å²) in [5.74, 6) is -1.82. The molecule has 0 saturated heterocycles. The summed E-state index contributed by atoms with van der Waals surface area (Å²) in [5.41, 5.74) is 1.23. The number of hydrogen-bond acceptors (Lipinski definition) is 5. The zero-order chi connectivity index (χ0) is 15.4. The molecule has 7 nitrogen and oxygen atoms in total. The van der Waals surface area contributed by atoms with Gasteiger partial charge >= 0.3 is 11.9 Å². The Labute approximate surface area is 120 Å². The van der Waals surface area contributed by atoms with Crippen LogP contribution in [-0.2, 0) is 20.7 Å². The van der Waals surface area contributed by atoms with E-state index >= 15 is 0 Å². The average Bonchev–Trinajstić information content (AvgIpc) is 2.93. The number of rotatable bonds is 5. The third-order valence-corrected chi connectivity index (χ3v) is 3.15. The molecule has 1 aliphatic rings. The number of ether oxygens (including phenoxy) is 2. The lowest BCUT2D eigenvalue weighted by Gasteiger charge is -2.13. The van der Waals surface area contributed by atoms with Gasteiger partial charge < -0.3 is 19.9 Å². The lowest BCUT2D eigenvalue weighted by atomic mass is 10.1. The van der Waals surface area contributed by atoms with Crippen LogP contribution in [0.4, 0.5) is 0 Å². The van der Waals surface area contributed by atoms with E-state index in [-0.39, 0.29) is 0 Å². The van der Waals surface area contributed by atoms with E-state index in [9.17, 15) is 14.4 Å². The van der Waals surface area contributed by atoms with Gasteiger partial charge in [0.25, 0.3) is 5.91 Å². The highest BCUT2D eigenvalue weighted by Crippen LogP contribution is 2.25. The molecule has 7 heteroatoms. The number of nitrogens with one attached hydrogen (secondary N) is 1. The molecule has 0 unspecified atom stereocenters. The molecule has 0 aliphatic carbocycles. The number of benzene rings is 1. The molecule has 112 valence electrons. The first-order valence-corrected chi connectivity index (χ1v) is 6.37. The summed E-state index contributed by atoms with van der Waals surface area (Å²) in [5, 5.41) is 11.3. The van der Waals surface area contributed by atoms with Crippen molar-refractivity contribution in [2.75, 3.05) is 13.7 Å². The molecule has 0 radical (unpaired) electrons. The second-order valence-corrected chi connectivity index (χ2v) is 4.57. The molecule has 1 atom stereocenters. The summed E-state index contributed by atoms with van der Waals surface area (Å²) >= 11 is 0. The van der Waals surface area contributed by atoms with E-state index in [2.05, 4.69) is 10.1 Å². The number of hydrogen-bond donors (Lipinski definition) is 2. The molecule has 1 aliphatic heterocycles. The first kappa shape index (κ1) is 14.8. The van der Waals surface area contributed by atoms with Crippen molar-refractivity contribution in [1.82, 2.24) is 5.32 Å². The Morgan fingerprint density at radius 3 is 2.86 bits per heavy atom. The fourth-order valence-electron chi connectivity index (χ4n) is 2.02. The van der Waals surface area contributed by atoms with Gasteiger partial charge in [0.1, 0.15) is 11.8 Å². The van der Waals surface area contributed by atoms with E-state index in [0.717, 1.165) is 18.4 Å². The van der Waals surface area contributed by atoms with Crippen molar-refractivity contribution in [3.63, 3.8) is 0 Å². The van der Waals surface area contributed by atoms with E-state index in [1.807, 2.05) is 0 Å². The maximum absolute atomic E-state index is 12.1. The molecule has 21 heavy (non-hydrogen) atoms. The van der Waals surface area contributed by atoms with Crippen molar-refractivity contribution in [1.29, 1.82) is 0 Å². The van der Waals surface area contributed by atoms with Crippen LogP contribution in [0.25, 0.3) is 0 Å². The maximum atomic E-state index is 12.1. The quantitative estimate of drug-likeness (QED) is 0.760. The van der Waals surface area contributed by atoms with Crippen LogP contribution in [0.1, 0.15) is 22.3 Å². The molecular formula is C14H15NO6. The van der Waals surface area contributed by atoms with Crippen LogP contribution in [0.2, 0.25) is 0 Å². The van der Waals surface area contributed by atoms with Gasteiger partial charge in [-0.2, -0.15) is 0 Å². The minimum absolute atomic E-state index is 0.329. The van der Waals surface area contributed by atoms with E-state index < -0.39 is 30.3 Å². The highest BCUT2D eigenvalue weighted by Gasteiger charge is 2.25. The van der Waals surface area contributed by atoms with Crippen molar-refractivity contribution in [2.45, 2.75) is 18.9 Å². The Hall–Kier alpha value is -2.57. The Balaban J connectivity index is 2.08. The Bertz CT molecular complexity index is 583. The van der Waals surface area contributed by atoms with Gasteiger partial charge in [0.05, 0.1) is 20.1 Å². The molecule has 1 aromatic carbocycles. The zero-order valence-electron chi connectivity index (χ0n) is 11.4. The zero-order valence-corrected chi connectivity index (χ0v) is 11.4. The van der Waals surface area contributed by atoms with Crippen molar-refractivity contribution < 1.29 is 29.0 Å². The smallest absolute Gasteiger partial charge is 0.326 e. The standard InChI is InChI=1S/C14H15NO6/c1-20-12(16)7-10(14(18)19)15-13(17)9-2-3-11-8(6-9)4-5-21-11/h2-3,6,10H,4-5,7H2,1H3,(H,15,17)(H,18,19)/t10-/m0/s1. The number of carbonyl (C=O) groups excluding carboxylic acids is 2. The number of carboxylic acid groups (broad SMARTS) is 1. The molecule has 0 saturated carbocycles. The number of amides is 1. The molecule has 1 aromatic rings. The van der Waals surface area contributed by atoms with Crippen molar-refractivity contribution in [3.8, 4) is 5.75 Å². The molecule has 1 amide bonds. The predicted molar refractivity (Wildman–Crippen MR) is 71.2 cm³/mol. The molecule has 2 N–H and O–H groups in total. The van der Waals surface area contributed by atoms with E-state index in [0.29, 0.717) is 18.6 Å². The van der Waals surface area contributed by atoms with Crippen LogP contribution < -0.4 is 10.1 Å². The van der Waals surface area contributed by atoms with Crippen molar-refractivity contribution >= 4 is 17.8 Å². The SMILES string of the molecule is COC(=O)C[C@H](NC(=O)c1ccc2c(c1)CCO2)C(=O)O. The van der Waals surface area contributed by atoms with Gasteiger partial charge in [-0.3, -0.25) is 9.59 Å². The van der Waals surface area contributed by atoms with Gasteiger partial charge in [-0.25, -0.2) is 4.79 Å². The Kier molecular flexibility index (Phi) is 4.42. The molecule has 0 fully saturated rings. The van der Waals surface area contributed by atoms with Gasteiger partial charge in [0.2, 0.25) is 0 Å². The summed E-state index contributed by atoms with van der Waals surface area (Å²) < 4.78 is 9.74. The highest BCUT2D eigenvalue weighted by atomic mass is 16.5. The summed E-state index contributed by atoms with van der Waals surface area (Å²) in [6.07, 6.45) is 0.284. The van der Waals surface area contributed by atoms with Crippen LogP contribution in [0.15, 0.2) is 18.2 Å². The lowest BCUT2D eigenvalue weighted by molar-refractivity contribution is -0.147. The fourth-order valence-corrected chi connectivity index (χ4v) is 2.02. The van der Waals surface area contributed by atoms with E-state index in [1.165, 1.54) is 0 Å². The second kappa shape index (κ2) is 6.25. The molecule has 2 rings (SSSR count). The van der Waals surface area contributed by atoms with Crippen LogP contribution in [0, 0.1) is 0 Å². The normalized spacial score (nSPS) is 13.8. The van der Waals surface area contributed by atoms with Crippen LogP contribution in [-0.4, -0.2) is 42.7 Å². The van der Waals surface area contributed by atoms with Gasteiger partial charge in [-0.05, 0) is 23.8 Å². The Morgan fingerprint density at radius 2 is 2.19 bits per heavy atom. The van der Waals surface area contributed by atoms with Crippen molar-refractivity contribution in [3.05, 3.63) is 29.3 Å². The maximum Gasteiger partial charge on any atom is 0.326 e. The minimum Gasteiger partial charge on any atom is -0.493 e. The van der Waals surface area contributed by atoms with Crippen molar-refractivity contribution in [2.24, 2.45) is 0 Å². The summed E-state index contributed by atoms with van der Waals surface area (Å²) in [4.78, 5) is 34.3. The number of esters is 1. The van der Waals surface area contributed by atoms with Gasteiger partial charge in [0, 0.05) is 12.0 Å². The van der Waals surface area contributed by atoms with Gasteiger partial charge in [0.15, 0.2) is 0 Å². The van der Waals surface area contributed by atoms with Crippen LogP contribution in [0.5, 0.6) is 5.75 Å². The minimum atomic E-state index is -1.32. The van der Waals surface area contributed by atoms with E-state index in [4.69, 9.17) is 9.84 Å². The number of carbonyl (C=O) groups is 3. The summed E-state index contributed by atoms with van der Waals surface area (Å²) in [6.45, 7) is 0.570. The summed E-state index contributed by atoms with van der Waals surface area (Å²) in [7, 11) is 1.16. The van der Waals surface area contributed by atoms with E-state index in [1.54, 1.807) is 18.2 Å².